The van der Waals surface area contributed by atoms with Crippen molar-refractivity contribution in [2.24, 2.45) is 0 Å². The molecule has 24 heavy (non-hydrogen) atoms. The molecule has 0 atom stereocenters. The summed E-state index contributed by atoms with van der Waals surface area (Å²) in [6.07, 6.45) is -2.69. The van der Waals surface area contributed by atoms with Gasteiger partial charge in [-0.25, -0.2) is 23.1 Å². The fourth-order valence-electron chi connectivity index (χ4n) is 2.28. The summed E-state index contributed by atoms with van der Waals surface area (Å²) in [6.45, 7) is -0.713. The van der Waals surface area contributed by atoms with Crippen molar-refractivity contribution in [3.05, 3.63) is 47.5 Å². The highest BCUT2D eigenvalue weighted by Gasteiger charge is 2.21. The lowest BCUT2D eigenvalue weighted by Crippen LogP contribution is -2.27. The van der Waals surface area contributed by atoms with Crippen LogP contribution in [0.25, 0.3) is 10.9 Å². The number of anilines is 2. The van der Waals surface area contributed by atoms with E-state index in [4.69, 9.17) is 19.4 Å². The van der Waals surface area contributed by atoms with Gasteiger partial charge in [-0.2, -0.15) is 4.98 Å². The molecule has 4 nitrogen and oxygen atoms in total. The minimum Gasteiger partial charge on any atom is -0.305 e. The number of pyridine rings is 1. The number of hydrogen-bond donors (Lipinski definition) is 0. The monoisotopic (exact) mass is 348 g/mol. The van der Waals surface area contributed by atoms with Crippen molar-refractivity contribution in [3.8, 4) is 0 Å². The minimum atomic E-state index is -2.69. The third-order valence-corrected chi connectivity index (χ3v) is 3.39. The number of benzene rings is 1. The Labute approximate surface area is 141 Å². The maximum Gasteiger partial charge on any atom is 0.256 e. The van der Waals surface area contributed by atoms with Crippen LogP contribution in [0.15, 0.2) is 36.4 Å². The van der Waals surface area contributed by atoms with E-state index in [1.165, 1.54) is 24.3 Å². The van der Waals surface area contributed by atoms with Crippen LogP contribution in [0, 0.1) is 5.82 Å². The Balaban J connectivity index is 2.24. The molecule has 2 heterocycles. The molecular weight excluding hydrogens is 339 g/mol. The number of fused-ring (bicyclic) bond motifs is 1. The van der Waals surface area contributed by atoms with Crippen molar-refractivity contribution < 1.29 is 13.2 Å². The van der Waals surface area contributed by atoms with Crippen molar-refractivity contribution in [1.82, 2.24) is 15.0 Å². The number of nitrogens with zero attached hydrogens (tertiary/aromatic N) is 4. The van der Waals surface area contributed by atoms with Gasteiger partial charge in [0, 0.05) is 5.39 Å². The smallest absolute Gasteiger partial charge is 0.256 e. The van der Waals surface area contributed by atoms with Gasteiger partial charge in [-0.05, 0) is 41.5 Å². The summed E-state index contributed by atoms with van der Waals surface area (Å²) in [6, 6.07) is 8.35. The lowest BCUT2D eigenvalue weighted by atomic mass is 10.0. The topological polar surface area (TPSA) is 41.9 Å². The molecule has 120 valence electrons. The molecule has 9 heteroatoms. The molecule has 0 saturated heterocycles. The summed E-state index contributed by atoms with van der Waals surface area (Å²) in [4.78, 5) is 13.2. The maximum atomic E-state index is 13.6. The van der Waals surface area contributed by atoms with Crippen LogP contribution in [0.3, 0.4) is 0 Å². The van der Waals surface area contributed by atoms with E-state index >= 15 is 0 Å². The van der Waals surface area contributed by atoms with Crippen LogP contribution in [-0.4, -0.2) is 35.8 Å². The highest BCUT2D eigenvalue weighted by atomic mass is 35.5. The molecule has 0 aliphatic rings. The zero-order valence-electron chi connectivity index (χ0n) is 12.1. The van der Waals surface area contributed by atoms with Gasteiger partial charge in [0.2, 0.25) is 5.28 Å². The molecule has 0 amide bonds. The number of alkyl halides is 2. The molecule has 2 aromatic heterocycles. The molecule has 1 aromatic carbocycles. The van der Waals surface area contributed by atoms with Gasteiger partial charge in [0.25, 0.3) is 6.43 Å². The summed E-state index contributed by atoms with van der Waals surface area (Å²) in [7, 11) is 5.63. The van der Waals surface area contributed by atoms with Crippen LogP contribution >= 0.6 is 11.6 Å². The molecular formula is C15H9BClF3N4. The van der Waals surface area contributed by atoms with E-state index in [1.54, 1.807) is 6.07 Å². The molecule has 0 bridgehead atoms. The van der Waals surface area contributed by atoms with Gasteiger partial charge in [-0.15, -0.1) is 0 Å². The average Bonchev–Trinajstić information content (AvgIpc) is 2.52. The maximum absolute atomic E-state index is 13.6. The van der Waals surface area contributed by atoms with Crippen LogP contribution in [0.5, 0.6) is 0 Å². The fraction of sp³-hybridized carbons (Fsp3) is 0.133. The highest BCUT2D eigenvalue weighted by molar-refractivity contribution is 6.30. The molecule has 0 aliphatic heterocycles. The van der Waals surface area contributed by atoms with Crippen LogP contribution in [0.1, 0.15) is 0 Å². The predicted molar refractivity (Wildman–Crippen MR) is 87.1 cm³/mol. The van der Waals surface area contributed by atoms with Crippen molar-refractivity contribution >= 4 is 47.6 Å². The van der Waals surface area contributed by atoms with E-state index in [0.717, 1.165) is 11.0 Å². The first-order valence-corrected chi connectivity index (χ1v) is 7.23. The SMILES string of the molecule is [B]c1cccc(N(CC(F)F)c2nc(Cl)nc3ccc(F)cc23)n1. The Kier molecular flexibility index (Phi) is 4.57. The first-order chi connectivity index (χ1) is 11.4. The van der Waals surface area contributed by atoms with Gasteiger partial charge in [-0.3, -0.25) is 0 Å². The fourth-order valence-corrected chi connectivity index (χ4v) is 2.45. The number of hydrogen-bond acceptors (Lipinski definition) is 4. The Morgan fingerprint density at radius 1 is 1.12 bits per heavy atom. The van der Waals surface area contributed by atoms with Crippen molar-refractivity contribution in [3.63, 3.8) is 0 Å². The quantitative estimate of drug-likeness (QED) is 0.537. The van der Waals surface area contributed by atoms with Crippen molar-refractivity contribution in [2.45, 2.75) is 6.43 Å². The third-order valence-electron chi connectivity index (χ3n) is 3.22. The van der Waals surface area contributed by atoms with E-state index in [0.29, 0.717) is 5.52 Å². The van der Waals surface area contributed by atoms with Crippen LogP contribution < -0.4 is 10.5 Å². The molecule has 0 saturated carbocycles. The molecule has 2 radical (unpaired) electrons. The lowest BCUT2D eigenvalue weighted by Gasteiger charge is -2.24. The summed E-state index contributed by atoms with van der Waals surface area (Å²) >= 11 is 5.89. The van der Waals surface area contributed by atoms with Crippen LogP contribution in [0.4, 0.5) is 24.8 Å². The van der Waals surface area contributed by atoms with E-state index < -0.39 is 18.8 Å². The molecule has 0 fully saturated rings. The second-order valence-corrected chi connectivity index (χ2v) is 5.24. The highest BCUT2D eigenvalue weighted by Crippen LogP contribution is 2.30. The zero-order valence-corrected chi connectivity index (χ0v) is 12.9. The lowest BCUT2D eigenvalue weighted by molar-refractivity contribution is 0.157. The van der Waals surface area contributed by atoms with Gasteiger partial charge >= 0.3 is 0 Å². The summed E-state index contributed by atoms with van der Waals surface area (Å²) in [5, 5.41) is 0.0940. The predicted octanol–water partition coefficient (Wildman–Crippen LogP) is 3.01. The summed E-state index contributed by atoms with van der Waals surface area (Å²) in [5.74, 6) is -0.370. The van der Waals surface area contributed by atoms with Gasteiger partial charge in [0.1, 0.15) is 25.3 Å². The summed E-state index contributed by atoms with van der Waals surface area (Å²) in [5.41, 5.74) is 0.483. The molecule has 3 aromatic rings. The van der Waals surface area contributed by atoms with Crippen molar-refractivity contribution in [1.29, 1.82) is 0 Å². The van der Waals surface area contributed by atoms with Crippen LogP contribution in [0.2, 0.25) is 5.28 Å². The first-order valence-electron chi connectivity index (χ1n) is 6.85. The number of halogens is 4. The summed E-state index contributed by atoms with van der Waals surface area (Å²) < 4.78 is 39.8. The van der Waals surface area contributed by atoms with Gasteiger partial charge in [0.15, 0.2) is 0 Å². The molecule has 0 aliphatic carbocycles. The Bertz CT molecular complexity index is 894. The Morgan fingerprint density at radius 3 is 2.62 bits per heavy atom. The Hall–Kier alpha value is -2.35. The van der Waals surface area contributed by atoms with E-state index in [9.17, 15) is 13.2 Å². The minimum absolute atomic E-state index is 0.0305. The van der Waals surface area contributed by atoms with Crippen LogP contribution in [-0.2, 0) is 0 Å². The second kappa shape index (κ2) is 6.64. The second-order valence-electron chi connectivity index (χ2n) is 4.90. The largest absolute Gasteiger partial charge is 0.305 e. The molecule has 0 unspecified atom stereocenters. The Morgan fingerprint density at radius 2 is 1.92 bits per heavy atom. The first kappa shape index (κ1) is 16.5. The average molecular weight is 349 g/mol. The van der Waals surface area contributed by atoms with Gasteiger partial charge in [-0.1, -0.05) is 12.1 Å². The van der Waals surface area contributed by atoms with Gasteiger partial charge < -0.3 is 4.90 Å². The number of rotatable bonds is 4. The standard InChI is InChI=1S/C15H9BClF3N4/c16-11-2-1-3-13(22-11)24(7-12(19)20)14-9-6-8(18)4-5-10(9)21-15(17)23-14/h1-6,12H,7H2. The zero-order chi connectivity index (χ0) is 17.3. The van der Waals surface area contributed by atoms with E-state index in [1.807, 2.05) is 0 Å². The normalized spacial score (nSPS) is 11.2. The van der Waals surface area contributed by atoms with E-state index in [2.05, 4.69) is 15.0 Å². The van der Waals surface area contributed by atoms with E-state index in [-0.39, 0.29) is 27.9 Å². The molecule has 0 N–H and O–H groups in total. The van der Waals surface area contributed by atoms with Crippen molar-refractivity contribution in [2.75, 3.05) is 11.4 Å². The number of aromatic nitrogens is 3. The molecule has 3 rings (SSSR count). The van der Waals surface area contributed by atoms with Gasteiger partial charge in [0.05, 0.1) is 12.1 Å². The molecule has 0 spiro atoms. The third kappa shape index (κ3) is 3.43.